The number of thioether (sulfide) groups is 1. The molecule has 128 valence electrons. The van der Waals surface area contributed by atoms with Gasteiger partial charge >= 0.3 is 0 Å². The Bertz CT molecular complexity index is 783. The molecule has 2 aromatic rings. The number of carbonyl (C=O) groups is 1. The molecule has 1 N–H and O–H groups in total. The summed E-state index contributed by atoms with van der Waals surface area (Å²) in [5.74, 6) is -14.5. The van der Waals surface area contributed by atoms with Gasteiger partial charge in [-0.3, -0.25) is 4.79 Å². The van der Waals surface area contributed by atoms with Crippen LogP contribution < -0.4 is 5.32 Å². The van der Waals surface area contributed by atoms with Crippen LogP contribution in [-0.4, -0.2) is 11.7 Å². The van der Waals surface area contributed by atoms with Gasteiger partial charge in [0.2, 0.25) is 11.7 Å². The molecule has 0 radical (unpaired) electrons. The number of halogens is 7. The molecule has 0 aliphatic heterocycles. The first-order chi connectivity index (χ1) is 11.2. The van der Waals surface area contributed by atoms with Gasteiger partial charge in [0.15, 0.2) is 23.3 Å². The normalized spacial score (nSPS) is 10.8. The van der Waals surface area contributed by atoms with Crippen LogP contribution in [0.25, 0.3) is 0 Å². The first-order valence-electron chi connectivity index (χ1n) is 6.11. The van der Waals surface area contributed by atoms with E-state index in [1.165, 1.54) is 0 Å². The predicted molar refractivity (Wildman–Crippen MR) is 71.9 cm³/mol. The minimum Gasteiger partial charge on any atom is -0.323 e. The molecule has 2 aromatic carbocycles. The van der Waals surface area contributed by atoms with Gasteiger partial charge in [0.1, 0.15) is 11.6 Å². The maximum atomic E-state index is 13.4. The van der Waals surface area contributed by atoms with Crippen molar-refractivity contribution in [2.45, 2.75) is 4.90 Å². The molecule has 0 atom stereocenters. The van der Waals surface area contributed by atoms with Crippen LogP contribution >= 0.6 is 11.8 Å². The Kier molecular flexibility index (Phi) is 5.37. The SMILES string of the molecule is O=C(CSc1c(F)c(F)c(F)c(F)c1F)Nc1ccc(F)cc1F. The summed E-state index contributed by atoms with van der Waals surface area (Å²) in [6, 6.07) is 2.26. The zero-order valence-corrected chi connectivity index (χ0v) is 12.2. The molecule has 0 unspecified atom stereocenters. The van der Waals surface area contributed by atoms with E-state index in [0.717, 1.165) is 12.1 Å². The van der Waals surface area contributed by atoms with E-state index in [0.29, 0.717) is 6.07 Å². The van der Waals surface area contributed by atoms with E-state index in [4.69, 9.17) is 0 Å². The third kappa shape index (κ3) is 3.64. The maximum absolute atomic E-state index is 13.4. The molecule has 0 fully saturated rings. The van der Waals surface area contributed by atoms with Crippen molar-refractivity contribution in [3.63, 3.8) is 0 Å². The summed E-state index contributed by atoms with van der Waals surface area (Å²) in [6.07, 6.45) is 0. The van der Waals surface area contributed by atoms with E-state index < -0.39 is 63.0 Å². The second kappa shape index (κ2) is 7.12. The number of nitrogens with one attached hydrogen (secondary N) is 1. The van der Waals surface area contributed by atoms with Crippen LogP contribution in [0.5, 0.6) is 0 Å². The van der Waals surface area contributed by atoms with Crippen LogP contribution in [0.15, 0.2) is 23.1 Å². The molecule has 2 nitrogen and oxygen atoms in total. The average molecular weight is 369 g/mol. The topological polar surface area (TPSA) is 29.1 Å². The Morgan fingerprint density at radius 2 is 1.42 bits per heavy atom. The van der Waals surface area contributed by atoms with Crippen LogP contribution in [0.4, 0.5) is 36.4 Å². The third-order valence-corrected chi connectivity index (χ3v) is 3.78. The van der Waals surface area contributed by atoms with E-state index in [-0.39, 0.29) is 11.8 Å². The van der Waals surface area contributed by atoms with Crippen LogP contribution in [0, 0.1) is 40.7 Å². The summed E-state index contributed by atoms with van der Waals surface area (Å²) in [7, 11) is 0. The lowest BCUT2D eigenvalue weighted by Gasteiger charge is -2.09. The summed E-state index contributed by atoms with van der Waals surface area (Å²) in [5.41, 5.74) is -0.403. The molecule has 0 spiro atoms. The smallest absolute Gasteiger partial charge is 0.234 e. The van der Waals surface area contributed by atoms with Crippen LogP contribution in [0.2, 0.25) is 0 Å². The molecule has 0 aliphatic rings. The highest BCUT2D eigenvalue weighted by atomic mass is 32.2. The molecular weight excluding hydrogens is 363 g/mol. The summed E-state index contributed by atoms with van der Waals surface area (Å²) < 4.78 is 91.7. The Hall–Kier alpha value is -2.23. The maximum Gasteiger partial charge on any atom is 0.234 e. The van der Waals surface area contributed by atoms with E-state index in [2.05, 4.69) is 0 Å². The number of carbonyl (C=O) groups excluding carboxylic acids is 1. The highest BCUT2D eigenvalue weighted by Crippen LogP contribution is 2.31. The zero-order valence-electron chi connectivity index (χ0n) is 11.4. The van der Waals surface area contributed by atoms with Crippen molar-refractivity contribution in [3.8, 4) is 0 Å². The van der Waals surface area contributed by atoms with Crippen molar-refractivity contribution in [2.75, 3.05) is 11.1 Å². The van der Waals surface area contributed by atoms with Gasteiger partial charge < -0.3 is 5.32 Å². The second-order valence-electron chi connectivity index (χ2n) is 4.36. The van der Waals surface area contributed by atoms with Gasteiger partial charge in [0.05, 0.1) is 16.3 Å². The highest BCUT2D eigenvalue weighted by Gasteiger charge is 2.26. The lowest BCUT2D eigenvalue weighted by atomic mass is 10.3. The summed E-state index contributed by atoms with van der Waals surface area (Å²) in [4.78, 5) is 10.3. The fraction of sp³-hybridized carbons (Fsp3) is 0.0714. The molecular formula is C14H6F7NOS. The first-order valence-corrected chi connectivity index (χ1v) is 7.10. The molecule has 0 heterocycles. The monoisotopic (exact) mass is 369 g/mol. The Morgan fingerprint density at radius 1 is 0.875 bits per heavy atom. The number of anilines is 1. The fourth-order valence-electron chi connectivity index (χ4n) is 1.63. The standard InChI is InChI=1S/C14H6F7NOS/c15-5-1-2-7(6(16)3-5)22-8(23)4-24-14-12(20)10(18)9(17)11(19)13(14)21/h1-3H,4H2,(H,22,23). The van der Waals surface area contributed by atoms with Gasteiger partial charge in [-0.05, 0) is 12.1 Å². The van der Waals surface area contributed by atoms with Crippen LogP contribution in [-0.2, 0) is 4.79 Å². The lowest BCUT2D eigenvalue weighted by molar-refractivity contribution is -0.113. The highest BCUT2D eigenvalue weighted by molar-refractivity contribution is 8.00. The fourth-order valence-corrected chi connectivity index (χ4v) is 2.41. The van der Waals surface area contributed by atoms with Gasteiger partial charge in [-0.2, -0.15) is 0 Å². The van der Waals surface area contributed by atoms with Crippen LogP contribution in [0.3, 0.4) is 0 Å². The number of rotatable bonds is 4. The van der Waals surface area contributed by atoms with Crippen LogP contribution in [0.1, 0.15) is 0 Å². The van der Waals surface area contributed by atoms with Crippen molar-refractivity contribution in [3.05, 3.63) is 58.9 Å². The van der Waals surface area contributed by atoms with Gasteiger partial charge in [0.25, 0.3) is 0 Å². The van der Waals surface area contributed by atoms with Crippen molar-refractivity contribution in [1.29, 1.82) is 0 Å². The van der Waals surface area contributed by atoms with Gasteiger partial charge in [-0.1, -0.05) is 0 Å². The minimum atomic E-state index is -2.31. The van der Waals surface area contributed by atoms with Gasteiger partial charge in [-0.25, -0.2) is 30.7 Å². The Morgan fingerprint density at radius 3 is 1.96 bits per heavy atom. The van der Waals surface area contributed by atoms with Gasteiger partial charge in [-0.15, -0.1) is 11.8 Å². The molecule has 0 bridgehead atoms. The van der Waals surface area contributed by atoms with Crippen molar-refractivity contribution >= 4 is 23.4 Å². The molecule has 24 heavy (non-hydrogen) atoms. The Labute approximate surface area is 134 Å². The van der Waals surface area contributed by atoms with E-state index >= 15 is 0 Å². The van der Waals surface area contributed by atoms with Crippen molar-refractivity contribution in [1.82, 2.24) is 0 Å². The third-order valence-electron chi connectivity index (χ3n) is 2.72. The molecule has 0 aromatic heterocycles. The number of hydrogen-bond donors (Lipinski definition) is 1. The summed E-state index contributed by atoms with van der Waals surface area (Å²) in [5, 5.41) is 1.98. The second-order valence-corrected chi connectivity index (χ2v) is 5.35. The quantitative estimate of drug-likeness (QED) is 0.375. The molecule has 2 rings (SSSR count). The van der Waals surface area contributed by atoms with E-state index in [1.807, 2.05) is 5.32 Å². The van der Waals surface area contributed by atoms with E-state index in [1.54, 1.807) is 0 Å². The molecule has 0 saturated heterocycles. The Balaban J connectivity index is 2.12. The van der Waals surface area contributed by atoms with Crippen molar-refractivity contribution < 1.29 is 35.5 Å². The lowest BCUT2D eigenvalue weighted by Crippen LogP contribution is -2.16. The average Bonchev–Trinajstić information content (AvgIpc) is 2.53. The summed E-state index contributed by atoms with van der Waals surface area (Å²) in [6.45, 7) is 0. The van der Waals surface area contributed by atoms with E-state index in [9.17, 15) is 35.5 Å². The minimum absolute atomic E-state index is 0.0418. The number of hydrogen-bond acceptors (Lipinski definition) is 2. The largest absolute Gasteiger partial charge is 0.323 e. The predicted octanol–water partition coefficient (Wildman–Crippen LogP) is 4.39. The molecule has 1 amide bonds. The number of amides is 1. The van der Waals surface area contributed by atoms with Crippen molar-refractivity contribution in [2.24, 2.45) is 0 Å². The number of benzene rings is 2. The van der Waals surface area contributed by atoms with Gasteiger partial charge in [0, 0.05) is 6.07 Å². The molecule has 0 aliphatic carbocycles. The first kappa shape index (κ1) is 18.1. The molecule has 0 saturated carbocycles. The summed E-state index contributed by atoms with van der Waals surface area (Å²) >= 11 is 0.0418. The molecule has 10 heteroatoms. The zero-order chi connectivity index (χ0) is 18.0.